The molecule has 1 saturated heterocycles. The summed E-state index contributed by atoms with van der Waals surface area (Å²) < 4.78 is 0. The first kappa shape index (κ1) is 12.1. The first-order chi connectivity index (χ1) is 8.08. The van der Waals surface area contributed by atoms with E-state index >= 15 is 0 Å². The molecule has 1 aliphatic heterocycles. The summed E-state index contributed by atoms with van der Waals surface area (Å²) in [5.41, 5.74) is 0.922. The molecular formula is C14H20N2O. The molecule has 3 heteroatoms. The van der Waals surface area contributed by atoms with E-state index in [1.54, 1.807) is 0 Å². The van der Waals surface area contributed by atoms with E-state index < -0.39 is 0 Å². The zero-order chi connectivity index (χ0) is 12.3. The Labute approximate surface area is 103 Å². The van der Waals surface area contributed by atoms with Gasteiger partial charge in [0.1, 0.15) is 0 Å². The first-order valence-electron chi connectivity index (χ1n) is 6.14. The number of rotatable bonds is 1. The lowest BCUT2D eigenvalue weighted by Crippen LogP contribution is -2.39. The van der Waals surface area contributed by atoms with E-state index in [4.69, 9.17) is 0 Å². The Morgan fingerprint density at radius 1 is 1.29 bits per heavy atom. The van der Waals surface area contributed by atoms with Crippen LogP contribution in [0.5, 0.6) is 0 Å². The number of benzene rings is 1. The van der Waals surface area contributed by atoms with Crippen LogP contribution in [0.2, 0.25) is 0 Å². The van der Waals surface area contributed by atoms with E-state index in [1.165, 1.54) is 0 Å². The van der Waals surface area contributed by atoms with Crippen LogP contribution in [0, 0.1) is 5.41 Å². The van der Waals surface area contributed by atoms with Gasteiger partial charge in [-0.25, -0.2) is 0 Å². The maximum Gasteiger partial charge on any atom is 0.253 e. The Kier molecular flexibility index (Phi) is 3.48. The van der Waals surface area contributed by atoms with Crippen molar-refractivity contribution in [1.29, 1.82) is 0 Å². The van der Waals surface area contributed by atoms with Crippen LogP contribution >= 0.6 is 0 Å². The fourth-order valence-corrected chi connectivity index (χ4v) is 2.23. The highest BCUT2D eigenvalue weighted by atomic mass is 16.2. The van der Waals surface area contributed by atoms with Crippen LogP contribution in [0.15, 0.2) is 30.3 Å². The minimum Gasteiger partial charge on any atom is -0.337 e. The Morgan fingerprint density at radius 3 is 2.71 bits per heavy atom. The third-order valence-electron chi connectivity index (χ3n) is 3.09. The zero-order valence-electron chi connectivity index (χ0n) is 10.6. The lowest BCUT2D eigenvalue weighted by Gasteiger charge is -2.29. The van der Waals surface area contributed by atoms with Crippen molar-refractivity contribution in [3.8, 4) is 0 Å². The Balaban J connectivity index is 2.13. The van der Waals surface area contributed by atoms with Gasteiger partial charge in [-0.05, 0) is 17.5 Å². The summed E-state index contributed by atoms with van der Waals surface area (Å²) in [5, 5.41) is 3.38. The Morgan fingerprint density at radius 2 is 2.00 bits per heavy atom. The monoisotopic (exact) mass is 232 g/mol. The molecule has 0 bridgehead atoms. The fraction of sp³-hybridized carbons (Fsp3) is 0.500. The normalized spacial score (nSPS) is 19.8. The second kappa shape index (κ2) is 4.88. The third kappa shape index (κ3) is 3.07. The second-order valence-corrected chi connectivity index (χ2v) is 5.43. The first-order valence-corrected chi connectivity index (χ1v) is 6.14. The molecule has 1 aliphatic rings. The van der Waals surface area contributed by atoms with Crippen LogP contribution in [0.3, 0.4) is 0 Å². The van der Waals surface area contributed by atoms with E-state index in [-0.39, 0.29) is 11.3 Å². The minimum atomic E-state index is 0.140. The van der Waals surface area contributed by atoms with Gasteiger partial charge >= 0.3 is 0 Å². The summed E-state index contributed by atoms with van der Waals surface area (Å²) in [6, 6.07) is 9.52. The van der Waals surface area contributed by atoms with Crippen LogP contribution in [-0.4, -0.2) is 37.0 Å². The van der Waals surface area contributed by atoms with Gasteiger partial charge in [0.2, 0.25) is 0 Å². The Bertz CT molecular complexity index is 386. The van der Waals surface area contributed by atoms with E-state index in [2.05, 4.69) is 19.2 Å². The van der Waals surface area contributed by atoms with Gasteiger partial charge in [-0.3, -0.25) is 4.79 Å². The van der Waals surface area contributed by atoms with Gasteiger partial charge in [-0.1, -0.05) is 32.0 Å². The fourth-order valence-electron chi connectivity index (χ4n) is 2.23. The number of nitrogens with one attached hydrogen (secondary N) is 1. The number of hydrogen-bond acceptors (Lipinski definition) is 2. The summed E-state index contributed by atoms with van der Waals surface area (Å²) in [6.07, 6.45) is 0. The van der Waals surface area contributed by atoms with Gasteiger partial charge < -0.3 is 10.2 Å². The van der Waals surface area contributed by atoms with Gasteiger partial charge in [-0.2, -0.15) is 0 Å². The summed E-state index contributed by atoms with van der Waals surface area (Å²) in [5.74, 6) is 0.141. The van der Waals surface area contributed by atoms with Crippen molar-refractivity contribution in [2.45, 2.75) is 13.8 Å². The van der Waals surface area contributed by atoms with Gasteiger partial charge in [0.25, 0.3) is 5.91 Å². The topological polar surface area (TPSA) is 32.3 Å². The zero-order valence-corrected chi connectivity index (χ0v) is 10.6. The molecule has 0 radical (unpaired) electrons. The van der Waals surface area contributed by atoms with Crippen molar-refractivity contribution < 1.29 is 4.79 Å². The molecule has 1 amide bonds. The summed E-state index contributed by atoms with van der Waals surface area (Å²) in [4.78, 5) is 14.3. The lowest BCUT2D eigenvalue weighted by molar-refractivity contribution is 0.0717. The number of carbonyl (C=O) groups is 1. The predicted molar refractivity (Wildman–Crippen MR) is 69.0 cm³/mol. The van der Waals surface area contributed by atoms with Gasteiger partial charge in [-0.15, -0.1) is 0 Å². The number of hydrogen-bond donors (Lipinski definition) is 1. The van der Waals surface area contributed by atoms with E-state index in [0.29, 0.717) is 0 Å². The molecule has 1 fully saturated rings. The van der Waals surface area contributed by atoms with Crippen LogP contribution in [-0.2, 0) is 0 Å². The highest BCUT2D eigenvalue weighted by Gasteiger charge is 2.27. The quantitative estimate of drug-likeness (QED) is 0.800. The molecule has 0 saturated carbocycles. The van der Waals surface area contributed by atoms with Crippen molar-refractivity contribution in [1.82, 2.24) is 10.2 Å². The van der Waals surface area contributed by atoms with Crippen LogP contribution in [0.25, 0.3) is 0 Å². The molecule has 92 valence electrons. The van der Waals surface area contributed by atoms with Crippen molar-refractivity contribution in [3.63, 3.8) is 0 Å². The highest BCUT2D eigenvalue weighted by Crippen LogP contribution is 2.19. The maximum atomic E-state index is 12.3. The molecule has 0 spiro atoms. The smallest absolute Gasteiger partial charge is 0.253 e. The third-order valence-corrected chi connectivity index (χ3v) is 3.09. The number of amides is 1. The van der Waals surface area contributed by atoms with Crippen LogP contribution in [0.1, 0.15) is 24.2 Å². The molecule has 3 nitrogen and oxygen atoms in total. The molecule has 1 N–H and O–H groups in total. The Hall–Kier alpha value is -1.35. The predicted octanol–water partition coefficient (Wildman–Crippen LogP) is 1.76. The molecule has 1 heterocycles. The molecule has 2 rings (SSSR count). The molecule has 0 atom stereocenters. The van der Waals surface area contributed by atoms with E-state index in [0.717, 1.165) is 31.7 Å². The summed E-state index contributed by atoms with van der Waals surface area (Å²) >= 11 is 0. The standard InChI is InChI=1S/C14H20N2O/c1-14(2)10-15-8-9-16(11-14)13(17)12-6-4-3-5-7-12/h3-7,15H,8-11H2,1-2H3. The van der Waals surface area contributed by atoms with Crippen molar-refractivity contribution in [3.05, 3.63) is 35.9 Å². The SMILES string of the molecule is CC1(C)CNCCN(C(=O)c2ccccc2)C1. The minimum absolute atomic E-state index is 0.140. The average Bonchev–Trinajstić information content (AvgIpc) is 2.50. The molecule has 1 aromatic rings. The molecule has 0 aliphatic carbocycles. The van der Waals surface area contributed by atoms with Crippen LogP contribution < -0.4 is 5.32 Å². The average molecular weight is 232 g/mol. The molecule has 0 aromatic heterocycles. The molecule has 1 aromatic carbocycles. The van der Waals surface area contributed by atoms with Gasteiger partial charge in [0.05, 0.1) is 0 Å². The summed E-state index contributed by atoms with van der Waals surface area (Å²) in [7, 11) is 0. The van der Waals surface area contributed by atoms with Crippen molar-refractivity contribution in [2.24, 2.45) is 5.41 Å². The molecule has 0 unspecified atom stereocenters. The maximum absolute atomic E-state index is 12.3. The highest BCUT2D eigenvalue weighted by molar-refractivity contribution is 5.94. The van der Waals surface area contributed by atoms with Crippen molar-refractivity contribution in [2.75, 3.05) is 26.2 Å². The number of carbonyl (C=O) groups excluding carboxylic acids is 1. The van der Waals surface area contributed by atoms with Crippen molar-refractivity contribution >= 4 is 5.91 Å². The van der Waals surface area contributed by atoms with E-state index in [1.807, 2.05) is 35.2 Å². The second-order valence-electron chi connectivity index (χ2n) is 5.43. The number of nitrogens with zero attached hydrogens (tertiary/aromatic N) is 1. The van der Waals surface area contributed by atoms with Gasteiger partial charge in [0.15, 0.2) is 0 Å². The molecular weight excluding hydrogens is 212 g/mol. The van der Waals surface area contributed by atoms with Crippen LogP contribution in [0.4, 0.5) is 0 Å². The van der Waals surface area contributed by atoms with E-state index in [9.17, 15) is 4.79 Å². The largest absolute Gasteiger partial charge is 0.337 e. The van der Waals surface area contributed by atoms with Gasteiger partial charge in [0, 0.05) is 31.7 Å². The summed E-state index contributed by atoms with van der Waals surface area (Å²) in [6.45, 7) is 7.83. The molecule has 17 heavy (non-hydrogen) atoms. The lowest BCUT2D eigenvalue weighted by atomic mass is 9.93.